The number of esters is 1. The number of hydrogen-bond acceptors (Lipinski definition) is 5. The predicted molar refractivity (Wildman–Crippen MR) is 106 cm³/mol. The maximum Gasteiger partial charge on any atom is 0.338 e. The first kappa shape index (κ1) is 19.1. The number of ether oxygens (including phenoxy) is 1. The van der Waals surface area contributed by atoms with Crippen molar-refractivity contribution in [1.29, 1.82) is 0 Å². The average molecular weight is 450 g/mol. The molecule has 1 aliphatic heterocycles. The number of anilines is 2. The van der Waals surface area contributed by atoms with Crippen molar-refractivity contribution in [3.63, 3.8) is 0 Å². The number of carbonyl (C=O) groups excluding carboxylic acids is 3. The van der Waals surface area contributed by atoms with E-state index in [-0.39, 0.29) is 17.3 Å². The highest BCUT2D eigenvalue weighted by atomic mass is 79.9. The molecule has 2 aromatic rings. The fourth-order valence-electron chi connectivity index (χ4n) is 2.48. The number of halogens is 2. The molecule has 0 fully saturated rings. The molecule has 0 unspecified atom stereocenters. The smallest absolute Gasteiger partial charge is 0.338 e. The summed E-state index contributed by atoms with van der Waals surface area (Å²) in [4.78, 5) is 37.9. The van der Waals surface area contributed by atoms with E-state index in [0.717, 1.165) is 9.37 Å². The van der Waals surface area contributed by atoms with Crippen molar-refractivity contribution in [2.45, 2.75) is 6.92 Å². The summed E-state index contributed by atoms with van der Waals surface area (Å²) in [6, 6.07) is 13.0. The van der Waals surface area contributed by atoms with Crippen molar-refractivity contribution >= 4 is 56.7 Å². The molecule has 2 aromatic carbocycles. The third kappa shape index (κ3) is 3.89. The molecule has 0 saturated carbocycles. The molecule has 6 nitrogen and oxygen atoms in total. The molecule has 0 bridgehead atoms. The predicted octanol–water partition coefficient (Wildman–Crippen LogP) is 4.06. The molecule has 27 heavy (non-hydrogen) atoms. The Kier molecular flexibility index (Phi) is 5.62. The van der Waals surface area contributed by atoms with Crippen molar-refractivity contribution < 1.29 is 19.1 Å². The van der Waals surface area contributed by atoms with Crippen LogP contribution in [0.1, 0.15) is 17.3 Å². The summed E-state index contributed by atoms with van der Waals surface area (Å²) in [5.41, 5.74) is 1.25. The Morgan fingerprint density at radius 1 is 1.07 bits per heavy atom. The molecule has 1 heterocycles. The fourth-order valence-corrected chi connectivity index (χ4v) is 2.96. The molecule has 3 rings (SSSR count). The minimum atomic E-state index is -0.634. The first-order valence-corrected chi connectivity index (χ1v) is 9.17. The van der Waals surface area contributed by atoms with Crippen LogP contribution in [0.4, 0.5) is 11.4 Å². The van der Waals surface area contributed by atoms with E-state index in [1.54, 1.807) is 31.2 Å². The second-order valence-electron chi connectivity index (χ2n) is 5.53. The Labute approximate surface area is 168 Å². The van der Waals surface area contributed by atoms with Crippen molar-refractivity contribution in [3.8, 4) is 0 Å². The van der Waals surface area contributed by atoms with Crippen molar-refractivity contribution in [2.24, 2.45) is 0 Å². The van der Waals surface area contributed by atoms with E-state index in [1.807, 2.05) is 0 Å². The van der Waals surface area contributed by atoms with Crippen LogP contribution in [0, 0.1) is 0 Å². The third-order valence-electron chi connectivity index (χ3n) is 3.78. The van der Waals surface area contributed by atoms with E-state index in [4.69, 9.17) is 16.3 Å². The Balaban J connectivity index is 1.82. The lowest BCUT2D eigenvalue weighted by Crippen LogP contribution is -2.32. The van der Waals surface area contributed by atoms with E-state index in [9.17, 15) is 14.4 Å². The molecule has 0 spiro atoms. The largest absolute Gasteiger partial charge is 0.462 e. The Bertz CT molecular complexity index is 939. The molecule has 0 aromatic heterocycles. The van der Waals surface area contributed by atoms with Gasteiger partial charge in [-0.3, -0.25) is 9.59 Å². The zero-order chi connectivity index (χ0) is 19.6. The Morgan fingerprint density at radius 3 is 2.30 bits per heavy atom. The molecule has 2 amide bonds. The van der Waals surface area contributed by atoms with Crippen LogP contribution in [0.3, 0.4) is 0 Å². The Morgan fingerprint density at radius 2 is 1.70 bits per heavy atom. The van der Waals surface area contributed by atoms with Crippen LogP contribution >= 0.6 is 27.5 Å². The van der Waals surface area contributed by atoms with E-state index < -0.39 is 17.8 Å². The molecule has 1 aliphatic rings. The van der Waals surface area contributed by atoms with Crippen LogP contribution < -0.4 is 10.2 Å². The van der Waals surface area contributed by atoms with Gasteiger partial charge in [0, 0.05) is 10.2 Å². The second kappa shape index (κ2) is 7.94. The maximum absolute atomic E-state index is 12.7. The summed E-state index contributed by atoms with van der Waals surface area (Å²) >= 11 is 9.42. The fraction of sp³-hybridized carbons (Fsp3) is 0.105. The standard InChI is InChI=1S/C19H14BrClN2O4/c1-2-27-19(26)11-3-9-14(10-4-11)23-17(24)15(21)16(18(23)25)22-13-7-5-12(20)6-8-13/h3-10,22H,2H2,1H3. The molecule has 0 atom stereocenters. The summed E-state index contributed by atoms with van der Waals surface area (Å²) in [6.07, 6.45) is 0. The lowest BCUT2D eigenvalue weighted by Gasteiger charge is -2.15. The lowest BCUT2D eigenvalue weighted by atomic mass is 10.2. The molecule has 1 N–H and O–H groups in total. The van der Waals surface area contributed by atoms with Gasteiger partial charge in [0.05, 0.1) is 17.9 Å². The summed E-state index contributed by atoms with van der Waals surface area (Å²) in [6.45, 7) is 1.97. The van der Waals surface area contributed by atoms with Gasteiger partial charge in [-0.05, 0) is 55.5 Å². The molecule has 0 radical (unpaired) electrons. The number of amides is 2. The SMILES string of the molecule is CCOC(=O)c1ccc(N2C(=O)C(Cl)=C(Nc3ccc(Br)cc3)C2=O)cc1. The molecule has 8 heteroatoms. The van der Waals surface area contributed by atoms with E-state index in [1.165, 1.54) is 24.3 Å². The van der Waals surface area contributed by atoms with Gasteiger partial charge in [0.1, 0.15) is 10.7 Å². The van der Waals surface area contributed by atoms with Gasteiger partial charge >= 0.3 is 5.97 Å². The van der Waals surface area contributed by atoms with Gasteiger partial charge in [0.2, 0.25) is 0 Å². The van der Waals surface area contributed by atoms with Crippen LogP contribution in [-0.4, -0.2) is 24.4 Å². The number of rotatable bonds is 5. The number of nitrogens with one attached hydrogen (secondary N) is 1. The van der Waals surface area contributed by atoms with Gasteiger partial charge in [0.15, 0.2) is 0 Å². The molecular weight excluding hydrogens is 436 g/mol. The summed E-state index contributed by atoms with van der Waals surface area (Å²) in [7, 11) is 0. The van der Waals surface area contributed by atoms with Gasteiger partial charge in [-0.25, -0.2) is 9.69 Å². The molecule has 0 aliphatic carbocycles. The van der Waals surface area contributed by atoms with Gasteiger partial charge in [-0.15, -0.1) is 0 Å². The molecule has 0 saturated heterocycles. The Hall–Kier alpha value is -2.64. The van der Waals surface area contributed by atoms with Crippen molar-refractivity contribution in [2.75, 3.05) is 16.8 Å². The molecular formula is C19H14BrClN2O4. The van der Waals surface area contributed by atoms with E-state index in [2.05, 4.69) is 21.2 Å². The quantitative estimate of drug-likeness (QED) is 0.550. The zero-order valence-electron chi connectivity index (χ0n) is 14.2. The number of imide groups is 1. The monoisotopic (exact) mass is 448 g/mol. The van der Waals surface area contributed by atoms with Crippen molar-refractivity contribution in [3.05, 3.63) is 69.3 Å². The van der Waals surface area contributed by atoms with Crippen LogP contribution in [0.25, 0.3) is 0 Å². The first-order chi connectivity index (χ1) is 12.9. The number of hydrogen-bond donors (Lipinski definition) is 1. The van der Waals surface area contributed by atoms with Gasteiger partial charge in [-0.1, -0.05) is 27.5 Å². The summed E-state index contributed by atoms with van der Waals surface area (Å²) in [5.74, 6) is -1.68. The van der Waals surface area contributed by atoms with Gasteiger partial charge < -0.3 is 10.1 Å². The van der Waals surface area contributed by atoms with Crippen LogP contribution in [0.2, 0.25) is 0 Å². The van der Waals surface area contributed by atoms with Crippen LogP contribution in [0.15, 0.2) is 63.7 Å². The zero-order valence-corrected chi connectivity index (χ0v) is 16.5. The van der Waals surface area contributed by atoms with E-state index >= 15 is 0 Å². The van der Waals surface area contributed by atoms with E-state index in [0.29, 0.717) is 16.9 Å². The highest BCUT2D eigenvalue weighted by Crippen LogP contribution is 2.30. The second-order valence-corrected chi connectivity index (χ2v) is 6.83. The van der Waals surface area contributed by atoms with Crippen molar-refractivity contribution in [1.82, 2.24) is 0 Å². The van der Waals surface area contributed by atoms with Gasteiger partial charge in [0.25, 0.3) is 11.8 Å². The number of carbonyl (C=O) groups is 3. The van der Waals surface area contributed by atoms with Gasteiger partial charge in [-0.2, -0.15) is 0 Å². The van der Waals surface area contributed by atoms with Crippen LogP contribution in [-0.2, 0) is 14.3 Å². The van der Waals surface area contributed by atoms with Crippen LogP contribution in [0.5, 0.6) is 0 Å². The first-order valence-electron chi connectivity index (χ1n) is 8.00. The minimum Gasteiger partial charge on any atom is -0.462 e. The number of nitrogens with zero attached hydrogens (tertiary/aromatic N) is 1. The lowest BCUT2D eigenvalue weighted by molar-refractivity contribution is -0.120. The average Bonchev–Trinajstić information content (AvgIpc) is 2.87. The minimum absolute atomic E-state index is 0.00143. The maximum atomic E-state index is 12.7. The highest BCUT2D eigenvalue weighted by Gasteiger charge is 2.39. The summed E-state index contributed by atoms with van der Waals surface area (Å²) < 4.78 is 5.80. The summed E-state index contributed by atoms with van der Waals surface area (Å²) in [5, 5.41) is 2.69. The normalized spacial score (nSPS) is 14.0. The number of benzene rings is 2. The topological polar surface area (TPSA) is 75.7 Å². The third-order valence-corrected chi connectivity index (χ3v) is 4.66. The molecule has 138 valence electrons. The highest BCUT2D eigenvalue weighted by molar-refractivity contribution is 9.10.